The normalized spacial score (nSPS) is 20.8. The molecule has 3 amide bonds. The van der Waals surface area contributed by atoms with Crippen LogP contribution in [0.2, 0.25) is 0 Å². The van der Waals surface area contributed by atoms with E-state index < -0.39 is 5.25 Å². The van der Waals surface area contributed by atoms with Crippen molar-refractivity contribution in [2.24, 2.45) is 5.92 Å². The molecule has 0 saturated carbocycles. The molecule has 3 heterocycles. The lowest BCUT2D eigenvalue weighted by atomic mass is 9.96. The molecule has 1 aromatic carbocycles. The third kappa shape index (κ3) is 4.64. The lowest BCUT2D eigenvalue weighted by molar-refractivity contribution is -0.135. The molecule has 2 aliphatic rings. The summed E-state index contributed by atoms with van der Waals surface area (Å²) >= 11 is 1.42. The van der Waals surface area contributed by atoms with E-state index in [1.807, 2.05) is 43.3 Å². The van der Waals surface area contributed by atoms with Crippen LogP contribution < -0.4 is 10.6 Å². The van der Waals surface area contributed by atoms with Crippen molar-refractivity contribution in [3.63, 3.8) is 0 Å². The zero-order valence-electron chi connectivity index (χ0n) is 16.8. The summed E-state index contributed by atoms with van der Waals surface area (Å²) in [4.78, 5) is 44.9. The molecule has 0 spiro atoms. The summed E-state index contributed by atoms with van der Waals surface area (Å²) in [6, 6.07) is 13.1. The Morgan fingerprint density at radius 2 is 2.07 bits per heavy atom. The molecule has 2 atom stereocenters. The van der Waals surface area contributed by atoms with Gasteiger partial charge in [-0.3, -0.25) is 14.4 Å². The molecule has 1 saturated heterocycles. The average molecular weight is 425 g/mol. The first kappa shape index (κ1) is 20.4. The second-order valence-corrected chi connectivity index (χ2v) is 8.87. The van der Waals surface area contributed by atoms with Crippen molar-refractivity contribution in [1.29, 1.82) is 0 Å². The van der Waals surface area contributed by atoms with Crippen LogP contribution in [0.25, 0.3) is 0 Å². The van der Waals surface area contributed by atoms with Gasteiger partial charge in [0.15, 0.2) is 0 Å². The monoisotopic (exact) mass is 424 g/mol. The Morgan fingerprint density at radius 3 is 2.90 bits per heavy atom. The Bertz CT molecular complexity index is 980. The minimum absolute atomic E-state index is 0.0896. The van der Waals surface area contributed by atoms with E-state index in [0.717, 1.165) is 29.1 Å². The van der Waals surface area contributed by atoms with E-state index in [9.17, 15) is 14.4 Å². The second kappa shape index (κ2) is 8.87. The highest BCUT2D eigenvalue weighted by Crippen LogP contribution is 2.37. The largest absolute Gasteiger partial charge is 0.342 e. The molecule has 2 N–H and O–H groups in total. The minimum Gasteiger partial charge on any atom is -0.342 e. The molecule has 156 valence electrons. The number of hydrogen-bond donors (Lipinski definition) is 2. The van der Waals surface area contributed by atoms with E-state index in [-0.39, 0.29) is 30.1 Å². The number of carbonyl (C=O) groups excluding carboxylic acids is 3. The minimum atomic E-state index is -0.460. The number of carbonyl (C=O) groups is 3. The summed E-state index contributed by atoms with van der Waals surface area (Å²) in [5.74, 6) is -0.114. The fraction of sp³-hybridized carbons (Fsp3) is 0.364. The number of thioether (sulfide) groups is 1. The highest BCUT2D eigenvalue weighted by molar-refractivity contribution is 8.01. The number of aromatic nitrogens is 1. The van der Waals surface area contributed by atoms with Gasteiger partial charge in [-0.2, -0.15) is 0 Å². The molecule has 2 aliphatic heterocycles. The summed E-state index contributed by atoms with van der Waals surface area (Å²) in [7, 11) is 0. The Balaban J connectivity index is 1.35. The summed E-state index contributed by atoms with van der Waals surface area (Å²) in [6.07, 6.45) is 1.62. The Hall–Kier alpha value is -2.87. The van der Waals surface area contributed by atoms with Crippen molar-refractivity contribution in [2.75, 3.05) is 23.7 Å². The average Bonchev–Trinajstić information content (AvgIpc) is 2.74. The van der Waals surface area contributed by atoms with E-state index >= 15 is 0 Å². The van der Waals surface area contributed by atoms with Crippen molar-refractivity contribution >= 4 is 41.0 Å². The van der Waals surface area contributed by atoms with Gasteiger partial charge in [0.05, 0.1) is 16.9 Å². The lowest BCUT2D eigenvalue weighted by Crippen LogP contribution is -2.45. The number of piperidine rings is 1. The Labute approximate surface area is 179 Å². The van der Waals surface area contributed by atoms with Crippen molar-refractivity contribution in [2.45, 2.75) is 36.3 Å². The van der Waals surface area contributed by atoms with E-state index in [4.69, 9.17) is 0 Å². The van der Waals surface area contributed by atoms with Gasteiger partial charge in [0, 0.05) is 30.1 Å². The molecule has 0 aliphatic carbocycles. The van der Waals surface area contributed by atoms with Crippen molar-refractivity contribution < 1.29 is 14.4 Å². The second-order valence-electron chi connectivity index (χ2n) is 7.63. The zero-order valence-corrected chi connectivity index (χ0v) is 17.6. The standard InChI is InChI=1S/C22H24N4O3S/c1-14-6-4-10-19(23-14)25-21(28)15-7-5-11-26(13-15)20(27)12-18-22(29)24-16-8-2-3-9-17(16)30-18/h2-4,6,8-10,15,18H,5,7,11-13H2,1H3,(H,24,29)(H,23,25,28). The van der Waals surface area contributed by atoms with Crippen LogP contribution in [0.4, 0.5) is 11.5 Å². The number of para-hydroxylation sites is 1. The van der Waals surface area contributed by atoms with Gasteiger partial charge in [0.2, 0.25) is 17.7 Å². The molecule has 0 bridgehead atoms. The van der Waals surface area contributed by atoms with Gasteiger partial charge < -0.3 is 15.5 Å². The predicted molar refractivity (Wildman–Crippen MR) is 116 cm³/mol. The van der Waals surface area contributed by atoms with Crippen molar-refractivity contribution in [1.82, 2.24) is 9.88 Å². The molecular formula is C22H24N4O3S. The molecule has 8 heteroatoms. The van der Waals surface area contributed by atoms with E-state index in [1.165, 1.54) is 11.8 Å². The van der Waals surface area contributed by atoms with Crippen LogP contribution in [-0.2, 0) is 14.4 Å². The van der Waals surface area contributed by atoms with Crippen LogP contribution >= 0.6 is 11.8 Å². The van der Waals surface area contributed by atoms with E-state index in [0.29, 0.717) is 18.9 Å². The van der Waals surface area contributed by atoms with Gasteiger partial charge in [-0.05, 0) is 44.0 Å². The number of anilines is 2. The fourth-order valence-corrected chi connectivity index (χ4v) is 4.87. The van der Waals surface area contributed by atoms with Crippen LogP contribution in [0.15, 0.2) is 47.4 Å². The third-order valence-corrected chi connectivity index (χ3v) is 6.63. The molecule has 30 heavy (non-hydrogen) atoms. The Morgan fingerprint density at radius 1 is 1.23 bits per heavy atom. The van der Waals surface area contributed by atoms with Gasteiger partial charge in [-0.1, -0.05) is 18.2 Å². The molecule has 2 aromatic rings. The van der Waals surface area contributed by atoms with Gasteiger partial charge in [-0.25, -0.2) is 4.98 Å². The van der Waals surface area contributed by atoms with Gasteiger partial charge in [0.25, 0.3) is 0 Å². The fourth-order valence-electron chi connectivity index (χ4n) is 3.77. The van der Waals surface area contributed by atoms with Gasteiger partial charge in [-0.15, -0.1) is 11.8 Å². The predicted octanol–water partition coefficient (Wildman–Crippen LogP) is 3.07. The maximum absolute atomic E-state index is 12.9. The number of rotatable bonds is 4. The van der Waals surface area contributed by atoms with E-state index in [1.54, 1.807) is 11.0 Å². The quantitative estimate of drug-likeness (QED) is 0.787. The first-order valence-corrected chi connectivity index (χ1v) is 11.0. The number of aryl methyl sites for hydroxylation is 1. The molecule has 7 nitrogen and oxygen atoms in total. The molecule has 0 radical (unpaired) electrons. The van der Waals surface area contributed by atoms with E-state index in [2.05, 4.69) is 15.6 Å². The number of nitrogens with zero attached hydrogens (tertiary/aromatic N) is 2. The maximum atomic E-state index is 12.9. The van der Waals surface area contributed by atoms with Crippen LogP contribution in [0.5, 0.6) is 0 Å². The third-order valence-electron chi connectivity index (χ3n) is 5.35. The maximum Gasteiger partial charge on any atom is 0.238 e. The zero-order chi connectivity index (χ0) is 21.1. The Kier molecular flexibility index (Phi) is 6.03. The topological polar surface area (TPSA) is 91.4 Å². The summed E-state index contributed by atoms with van der Waals surface area (Å²) < 4.78 is 0. The number of pyridine rings is 1. The molecule has 1 aromatic heterocycles. The number of nitrogens with one attached hydrogen (secondary N) is 2. The highest BCUT2D eigenvalue weighted by Gasteiger charge is 2.33. The summed E-state index contributed by atoms with van der Waals surface area (Å²) in [5.41, 5.74) is 1.62. The van der Waals surface area contributed by atoms with Gasteiger partial charge >= 0.3 is 0 Å². The first-order valence-electron chi connectivity index (χ1n) is 10.1. The lowest BCUT2D eigenvalue weighted by Gasteiger charge is -2.33. The number of likely N-dealkylation sites (tertiary alicyclic amines) is 1. The van der Waals surface area contributed by atoms with Crippen molar-refractivity contribution in [3.8, 4) is 0 Å². The van der Waals surface area contributed by atoms with Crippen LogP contribution in [-0.4, -0.2) is 45.9 Å². The van der Waals surface area contributed by atoms with Crippen LogP contribution in [0.3, 0.4) is 0 Å². The first-order chi connectivity index (χ1) is 14.5. The number of hydrogen-bond acceptors (Lipinski definition) is 5. The molecule has 2 unspecified atom stereocenters. The number of fused-ring (bicyclic) bond motifs is 1. The number of benzene rings is 1. The summed E-state index contributed by atoms with van der Waals surface area (Å²) in [5, 5.41) is 5.27. The van der Waals surface area contributed by atoms with Crippen molar-refractivity contribution in [3.05, 3.63) is 48.2 Å². The highest BCUT2D eigenvalue weighted by atomic mass is 32.2. The molecule has 4 rings (SSSR count). The smallest absolute Gasteiger partial charge is 0.238 e. The number of amides is 3. The summed E-state index contributed by atoms with van der Waals surface area (Å²) in [6.45, 7) is 2.85. The molecular weight excluding hydrogens is 400 g/mol. The SMILES string of the molecule is Cc1cccc(NC(=O)C2CCCN(C(=O)CC3Sc4ccccc4NC3=O)C2)n1. The van der Waals surface area contributed by atoms with Gasteiger partial charge in [0.1, 0.15) is 5.82 Å². The van der Waals surface area contributed by atoms with Crippen LogP contribution in [0.1, 0.15) is 25.0 Å². The molecule has 1 fully saturated rings. The van der Waals surface area contributed by atoms with Crippen LogP contribution in [0, 0.1) is 12.8 Å².